The van der Waals surface area contributed by atoms with E-state index in [4.69, 9.17) is 4.74 Å². The molecule has 2 N–H and O–H groups in total. The topological polar surface area (TPSA) is 78.5 Å². The fourth-order valence-electron chi connectivity index (χ4n) is 3.32. The Morgan fingerprint density at radius 2 is 2.41 bits per heavy atom. The molecule has 6 nitrogen and oxygen atoms in total. The molecular formula is C16H25N3O3. The van der Waals surface area contributed by atoms with E-state index in [0.29, 0.717) is 24.8 Å². The summed E-state index contributed by atoms with van der Waals surface area (Å²) in [5.41, 5.74) is 1.34. The van der Waals surface area contributed by atoms with Gasteiger partial charge >= 0.3 is 0 Å². The third-order valence-corrected chi connectivity index (χ3v) is 4.95. The van der Waals surface area contributed by atoms with Crippen molar-refractivity contribution in [3.05, 3.63) is 17.5 Å². The molecule has 2 fully saturated rings. The first-order chi connectivity index (χ1) is 10.7. The molecule has 0 bridgehead atoms. The van der Waals surface area contributed by atoms with E-state index in [-0.39, 0.29) is 17.9 Å². The standard InChI is InChI=1S/C16H25N3O3/c1-22-8-6-16(11-20)5-2-7-19(10-16)15(21)14-9-13(17-18-14)12-3-4-12/h9,12,20H,2-8,10-11H2,1H3,(H,17,18)/t16-/m1/s1. The van der Waals surface area contributed by atoms with Crippen molar-refractivity contribution in [3.63, 3.8) is 0 Å². The summed E-state index contributed by atoms with van der Waals surface area (Å²) in [5.74, 6) is 0.534. The minimum atomic E-state index is -0.237. The van der Waals surface area contributed by atoms with E-state index in [0.717, 1.165) is 31.5 Å². The van der Waals surface area contributed by atoms with Gasteiger partial charge in [-0.2, -0.15) is 5.10 Å². The number of H-pyrrole nitrogens is 1. The number of hydrogen-bond acceptors (Lipinski definition) is 4. The fraction of sp³-hybridized carbons (Fsp3) is 0.750. The number of carbonyl (C=O) groups is 1. The smallest absolute Gasteiger partial charge is 0.274 e. The van der Waals surface area contributed by atoms with Crippen molar-refractivity contribution in [1.82, 2.24) is 15.1 Å². The summed E-state index contributed by atoms with van der Waals surface area (Å²) >= 11 is 0. The van der Waals surface area contributed by atoms with Crippen molar-refractivity contribution in [3.8, 4) is 0 Å². The Morgan fingerprint density at radius 1 is 1.59 bits per heavy atom. The van der Waals surface area contributed by atoms with Crippen LogP contribution in [0.5, 0.6) is 0 Å². The molecule has 0 spiro atoms. The molecule has 122 valence electrons. The third-order valence-electron chi connectivity index (χ3n) is 4.95. The number of aliphatic hydroxyl groups excluding tert-OH is 1. The molecule has 0 unspecified atom stereocenters. The number of aromatic nitrogens is 2. The van der Waals surface area contributed by atoms with Gasteiger partial charge in [0.05, 0.1) is 6.61 Å². The second-order valence-electron chi connectivity index (χ2n) is 6.71. The lowest BCUT2D eigenvalue weighted by Crippen LogP contribution is -2.48. The van der Waals surface area contributed by atoms with Crippen LogP contribution in [0, 0.1) is 5.41 Å². The minimum Gasteiger partial charge on any atom is -0.396 e. The molecule has 0 aromatic carbocycles. The molecule has 0 radical (unpaired) electrons. The van der Waals surface area contributed by atoms with Crippen molar-refractivity contribution in [2.45, 2.75) is 38.0 Å². The molecule has 2 heterocycles. The summed E-state index contributed by atoms with van der Waals surface area (Å²) in [6.45, 7) is 2.02. The van der Waals surface area contributed by atoms with Gasteiger partial charge in [0, 0.05) is 43.8 Å². The van der Waals surface area contributed by atoms with Crippen LogP contribution in [0.2, 0.25) is 0 Å². The van der Waals surface area contributed by atoms with Crippen molar-refractivity contribution in [2.75, 3.05) is 33.4 Å². The molecular weight excluding hydrogens is 282 g/mol. The Balaban J connectivity index is 1.68. The zero-order valence-corrected chi connectivity index (χ0v) is 13.2. The molecule has 1 saturated heterocycles. The van der Waals surface area contributed by atoms with Crippen molar-refractivity contribution < 1.29 is 14.6 Å². The van der Waals surface area contributed by atoms with E-state index >= 15 is 0 Å². The summed E-state index contributed by atoms with van der Waals surface area (Å²) < 4.78 is 5.16. The molecule has 3 rings (SSSR count). The normalized spacial score (nSPS) is 25.5. The van der Waals surface area contributed by atoms with Crippen LogP contribution in [-0.4, -0.2) is 59.5 Å². The van der Waals surface area contributed by atoms with Crippen LogP contribution >= 0.6 is 0 Å². The minimum absolute atomic E-state index is 0.0295. The zero-order chi connectivity index (χ0) is 15.6. The predicted octanol–water partition coefficient (Wildman–Crippen LogP) is 1.54. The Hall–Kier alpha value is -1.40. The third kappa shape index (κ3) is 3.17. The number of methoxy groups -OCH3 is 1. The second kappa shape index (κ2) is 6.38. The van der Waals surface area contributed by atoms with Crippen molar-refractivity contribution in [1.29, 1.82) is 0 Å². The predicted molar refractivity (Wildman–Crippen MR) is 81.7 cm³/mol. The summed E-state index contributed by atoms with van der Waals surface area (Å²) in [5, 5.41) is 17.0. The molecule has 1 amide bonds. The number of ether oxygens (including phenoxy) is 1. The number of nitrogens with zero attached hydrogens (tertiary/aromatic N) is 2. The van der Waals surface area contributed by atoms with Crippen LogP contribution in [0.4, 0.5) is 0 Å². The highest BCUT2D eigenvalue weighted by molar-refractivity contribution is 5.92. The molecule has 6 heteroatoms. The highest BCUT2D eigenvalue weighted by Crippen LogP contribution is 2.39. The molecule has 1 aliphatic carbocycles. The largest absolute Gasteiger partial charge is 0.396 e. The van der Waals surface area contributed by atoms with Crippen LogP contribution in [0.1, 0.15) is 54.2 Å². The number of rotatable bonds is 6. The highest BCUT2D eigenvalue weighted by Gasteiger charge is 2.37. The molecule has 22 heavy (non-hydrogen) atoms. The molecule has 1 aromatic rings. The van der Waals surface area contributed by atoms with Crippen LogP contribution in [0.15, 0.2) is 6.07 Å². The molecule has 2 aliphatic rings. The number of nitrogens with one attached hydrogen (secondary N) is 1. The van der Waals surface area contributed by atoms with E-state index in [1.807, 2.05) is 11.0 Å². The summed E-state index contributed by atoms with van der Waals surface area (Å²) in [4.78, 5) is 14.5. The first kappa shape index (κ1) is 15.5. The van der Waals surface area contributed by atoms with Gasteiger partial charge in [-0.15, -0.1) is 0 Å². The van der Waals surface area contributed by atoms with Gasteiger partial charge < -0.3 is 14.7 Å². The monoisotopic (exact) mass is 307 g/mol. The van der Waals surface area contributed by atoms with Gasteiger partial charge in [-0.05, 0) is 38.2 Å². The van der Waals surface area contributed by atoms with E-state index in [1.165, 1.54) is 12.8 Å². The van der Waals surface area contributed by atoms with Gasteiger partial charge in [0.25, 0.3) is 5.91 Å². The van der Waals surface area contributed by atoms with Gasteiger partial charge in [0.2, 0.25) is 0 Å². The van der Waals surface area contributed by atoms with Crippen molar-refractivity contribution >= 4 is 5.91 Å². The van der Waals surface area contributed by atoms with Crippen LogP contribution in [0.25, 0.3) is 0 Å². The second-order valence-corrected chi connectivity index (χ2v) is 6.71. The lowest BCUT2D eigenvalue weighted by Gasteiger charge is -2.41. The summed E-state index contributed by atoms with van der Waals surface area (Å²) in [6, 6.07) is 1.89. The number of aromatic amines is 1. The van der Waals surface area contributed by atoms with Gasteiger partial charge in [0.15, 0.2) is 0 Å². The lowest BCUT2D eigenvalue weighted by atomic mass is 9.78. The van der Waals surface area contributed by atoms with E-state index in [1.54, 1.807) is 7.11 Å². The maximum Gasteiger partial charge on any atom is 0.274 e. The first-order valence-electron chi connectivity index (χ1n) is 8.12. The van der Waals surface area contributed by atoms with E-state index < -0.39 is 0 Å². The fourth-order valence-corrected chi connectivity index (χ4v) is 3.32. The van der Waals surface area contributed by atoms with E-state index in [9.17, 15) is 9.90 Å². The Labute approximate surface area is 130 Å². The Morgan fingerprint density at radius 3 is 3.09 bits per heavy atom. The number of aliphatic hydroxyl groups is 1. The average Bonchev–Trinajstić information content (AvgIpc) is 3.30. The van der Waals surface area contributed by atoms with Gasteiger partial charge in [-0.1, -0.05) is 0 Å². The van der Waals surface area contributed by atoms with Crippen molar-refractivity contribution in [2.24, 2.45) is 5.41 Å². The van der Waals surface area contributed by atoms with Crippen LogP contribution < -0.4 is 0 Å². The number of carbonyl (C=O) groups excluding carboxylic acids is 1. The quantitative estimate of drug-likeness (QED) is 0.835. The number of hydrogen-bond donors (Lipinski definition) is 2. The Kier molecular flexibility index (Phi) is 4.49. The number of amides is 1. The molecule has 1 saturated carbocycles. The van der Waals surface area contributed by atoms with Gasteiger partial charge in [0.1, 0.15) is 5.69 Å². The lowest BCUT2D eigenvalue weighted by molar-refractivity contribution is 0.00873. The summed E-state index contributed by atoms with van der Waals surface area (Å²) in [6.07, 6.45) is 4.99. The van der Waals surface area contributed by atoms with Crippen LogP contribution in [-0.2, 0) is 4.74 Å². The van der Waals surface area contributed by atoms with Gasteiger partial charge in [-0.25, -0.2) is 0 Å². The maximum atomic E-state index is 12.7. The van der Waals surface area contributed by atoms with Crippen LogP contribution in [0.3, 0.4) is 0 Å². The van der Waals surface area contributed by atoms with E-state index in [2.05, 4.69) is 10.2 Å². The maximum absolute atomic E-state index is 12.7. The first-order valence-corrected chi connectivity index (χ1v) is 8.12. The SMILES string of the molecule is COCC[C@]1(CO)CCCN(C(=O)c2cc(C3CC3)[nH]n2)C1. The zero-order valence-electron chi connectivity index (χ0n) is 13.2. The molecule has 1 aromatic heterocycles. The number of likely N-dealkylation sites (tertiary alicyclic amines) is 1. The number of piperidine rings is 1. The molecule has 1 atom stereocenters. The molecule has 1 aliphatic heterocycles. The van der Waals surface area contributed by atoms with Gasteiger partial charge in [-0.3, -0.25) is 9.89 Å². The summed E-state index contributed by atoms with van der Waals surface area (Å²) in [7, 11) is 1.67. The highest BCUT2D eigenvalue weighted by atomic mass is 16.5. The average molecular weight is 307 g/mol. The Bertz CT molecular complexity index is 526.